The monoisotopic (exact) mass is 315 g/mol. The lowest BCUT2D eigenvalue weighted by Crippen LogP contribution is -2.45. The summed E-state index contributed by atoms with van der Waals surface area (Å²) >= 11 is 0. The predicted octanol–water partition coefficient (Wildman–Crippen LogP) is 1.80. The minimum atomic E-state index is 0.0633. The number of urea groups is 1. The van der Waals surface area contributed by atoms with Gasteiger partial charge >= 0.3 is 6.03 Å². The maximum absolute atomic E-state index is 12.4. The fraction of sp³-hybridized carbons (Fsp3) is 0.588. The number of nitrogens with one attached hydrogen (secondary N) is 1. The first-order valence-electron chi connectivity index (χ1n) is 8.40. The van der Waals surface area contributed by atoms with Gasteiger partial charge in [-0.05, 0) is 38.8 Å². The Kier molecular flexibility index (Phi) is 5.23. The number of amides is 2. The number of carbonyl (C=O) groups is 1. The molecule has 2 heterocycles. The van der Waals surface area contributed by atoms with E-state index in [1.54, 1.807) is 12.4 Å². The summed E-state index contributed by atoms with van der Waals surface area (Å²) in [5, 5.41) is 3.13. The molecular formula is C17H25N5O. The van der Waals surface area contributed by atoms with Crippen molar-refractivity contribution in [1.29, 1.82) is 0 Å². The summed E-state index contributed by atoms with van der Waals surface area (Å²) in [4.78, 5) is 25.1. The van der Waals surface area contributed by atoms with E-state index in [4.69, 9.17) is 0 Å². The van der Waals surface area contributed by atoms with Crippen LogP contribution in [0.25, 0.3) is 0 Å². The van der Waals surface area contributed by atoms with Crippen molar-refractivity contribution in [3.05, 3.63) is 36.4 Å². The van der Waals surface area contributed by atoms with Gasteiger partial charge in [0.2, 0.25) is 0 Å². The summed E-state index contributed by atoms with van der Waals surface area (Å²) in [6.45, 7) is 2.30. The molecule has 2 atom stereocenters. The van der Waals surface area contributed by atoms with Crippen molar-refractivity contribution in [3.8, 4) is 0 Å². The van der Waals surface area contributed by atoms with E-state index in [-0.39, 0.29) is 12.1 Å². The quantitative estimate of drug-likeness (QED) is 0.861. The van der Waals surface area contributed by atoms with E-state index >= 15 is 0 Å². The molecule has 2 amide bonds. The molecule has 0 bridgehead atoms. The molecule has 2 aliphatic rings. The second-order valence-electron chi connectivity index (χ2n) is 6.38. The van der Waals surface area contributed by atoms with E-state index in [0.717, 1.165) is 44.6 Å². The van der Waals surface area contributed by atoms with Gasteiger partial charge in [0.25, 0.3) is 0 Å². The van der Waals surface area contributed by atoms with Gasteiger partial charge in [-0.3, -0.25) is 4.90 Å². The number of likely N-dealkylation sites (tertiary alicyclic amines) is 1. The highest BCUT2D eigenvalue weighted by Gasteiger charge is 2.29. The van der Waals surface area contributed by atoms with Gasteiger partial charge in [-0.1, -0.05) is 12.2 Å². The van der Waals surface area contributed by atoms with Gasteiger partial charge in [0, 0.05) is 37.6 Å². The van der Waals surface area contributed by atoms with Crippen LogP contribution >= 0.6 is 0 Å². The minimum Gasteiger partial charge on any atom is -0.332 e. The first-order valence-corrected chi connectivity index (χ1v) is 8.40. The SMILES string of the molecule is CN(Cc1ncccn1)[C@@H]1CCN(C(=O)N[C@H]2C=CCCC2)C1. The highest BCUT2D eigenvalue weighted by Crippen LogP contribution is 2.17. The Labute approximate surface area is 137 Å². The molecule has 0 unspecified atom stereocenters. The van der Waals surface area contributed by atoms with Crippen LogP contribution in [0, 0.1) is 0 Å². The number of allylic oxidation sites excluding steroid dienone is 1. The lowest BCUT2D eigenvalue weighted by Gasteiger charge is -2.25. The van der Waals surface area contributed by atoms with Crippen LogP contribution in [0.15, 0.2) is 30.6 Å². The van der Waals surface area contributed by atoms with Crippen molar-refractivity contribution in [2.45, 2.75) is 44.3 Å². The molecule has 3 rings (SSSR count). The van der Waals surface area contributed by atoms with Gasteiger partial charge in [-0.15, -0.1) is 0 Å². The summed E-state index contributed by atoms with van der Waals surface area (Å²) in [5.74, 6) is 0.824. The molecule has 124 valence electrons. The average Bonchev–Trinajstić information content (AvgIpc) is 3.07. The maximum atomic E-state index is 12.4. The maximum Gasteiger partial charge on any atom is 0.317 e. The summed E-state index contributed by atoms with van der Waals surface area (Å²) < 4.78 is 0. The number of rotatable bonds is 4. The normalized spacial score (nSPS) is 24.2. The van der Waals surface area contributed by atoms with Gasteiger partial charge in [-0.25, -0.2) is 14.8 Å². The smallest absolute Gasteiger partial charge is 0.317 e. The number of hydrogen-bond acceptors (Lipinski definition) is 4. The van der Waals surface area contributed by atoms with E-state index in [0.29, 0.717) is 12.6 Å². The van der Waals surface area contributed by atoms with Crippen molar-refractivity contribution in [1.82, 2.24) is 25.1 Å². The van der Waals surface area contributed by atoms with Crippen molar-refractivity contribution >= 4 is 6.03 Å². The molecule has 1 N–H and O–H groups in total. The van der Waals surface area contributed by atoms with Crippen LogP contribution in [0.1, 0.15) is 31.5 Å². The number of nitrogens with zero attached hydrogens (tertiary/aromatic N) is 4. The molecular weight excluding hydrogens is 290 g/mol. The van der Waals surface area contributed by atoms with Crippen LogP contribution in [0.2, 0.25) is 0 Å². The van der Waals surface area contributed by atoms with Crippen LogP contribution in [0.5, 0.6) is 0 Å². The second-order valence-corrected chi connectivity index (χ2v) is 6.38. The summed E-state index contributed by atoms with van der Waals surface area (Å²) in [7, 11) is 2.08. The average molecular weight is 315 g/mol. The standard InChI is InChI=1S/C17H25N5O/c1-21(13-16-18-9-5-10-19-16)15-8-11-22(12-15)17(23)20-14-6-3-2-4-7-14/h3,5-6,9-10,14-15H,2,4,7-8,11-13H2,1H3,(H,20,23)/t14-,15+/m0/s1. The molecule has 6 nitrogen and oxygen atoms in total. The van der Waals surface area contributed by atoms with E-state index in [1.807, 2.05) is 11.0 Å². The minimum absolute atomic E-state index is 0.0633. The molecule has 0 saturated carbocycles. The van der Waals surface area contributed by atoms with Gasteiger partial charge in [0.15, 0.2) is 0 Å². The number of carbonyl (C=O) groups excluding carboxylic acids is 1. The Bertz CT molecular complexity index is 547. The zero-order chi connectivity index (χ0) is 16.1. The van der Waals surface area contributed by atoms with Crippen LogP contribution in [0.4, 0.5) is 4.79 Å². The first kappa shape index (κ1) is 15.9. The highest BCUT2D eigenvalue weighted by atomic mass is 16.2. The molecule has 0 aromatic carbocycles. The van der Waals surface area contributed by atoms with Crippen molar-refractivity contribution in [3.63, 3.8) is 0 Å². The van der Waals surface area contributed by atoms with Crippen molar-refractivity contribution in [2.24, 2.45) is 0 Å². The largest absolute Gasteiger partial charge is 0.332 e. The van der Waals surface area contributed by atoms with Gasteiger partial charge < -0.3 is 10.2 Å². The summed E-state index contributed by atoms with van der Waals surface area (Å²) in [5.41, 5.74) is 0. The molecule has 1 aromatic rings. The fourth-order valence-electron chi connectivity index (χ4n) is 3.23. The molecule has 0 radical (unpaired) electrons. The van der Waals surface area contributed by atoms with Crippen LogP contribution in [-0.2, 0) is 6.54 Å². The molecule has 1 aliphatic carbocycles. The van der Waals surface area contributed by atoms with E-state index in [9.17, 15) is 4.79 Å². The summed E-state index contributed by atoms with van der Waals surface area (Å²) in [6, 6.07) is 2.45. The Morgan fingerprint density at radius 3 is 2.96 bits per heavy atom. The van der Waals surface area contributed by atoms with Crippen LogP contribution in [0.3, 0.4) is 0 Å². The van der Waals surface area contributed by atoms with Crippen LogP contribution < -0.4 is 5.32 Å². The van der Waals surface area contributed by atoms with Gasteiger partial charge in [0.05, 0.1) is 6.54 Å². The van der Waals surface area contributed by atoms with Crippen molar-refractivity contribution < 1.29 is 4.79 Å². The van der Waals surface area contributed by atoms with Gasteiger partial charge in [0.1, 0.15) is 5.82 Å². The molecule has 23 heavy (non-hydrogen) atoms. The molecule has 1 saturated heterocycles. The third kappa shape index (κ3) is 4.28. The van der Waals surface area contributed by atoms with Crippen LogP contribution in [-0.4, -0.2) is 58.0 Å². The third-order valence-corrected chi connectivity index (χ3v) is 4.65. The fourth-order valence-corrected chi connectivity index (χ4v) is 3.23. The lowest BCUT2D eigenvalue weighted by atomic mass is 10.0. The number of likely N-dealkylation sites (N-methyl/N-ethyl adjacent to an activating group) is 1. The topological polar surface area (TPSA) is 61.4 Å². The number of aromatic nitrogens is 2. The van der Waals surface area contributed by atoms with E-state index in [2.05, 4.69) is 39.4 Å². The second kappa shape index (κ2) is 7.55. The third-order valence-electron chi connectivity index (χ3n) is 4.65. The Hall–Kier alpha value is -1.95. The van der Waals surface area contributed by atoms with E-state index in [1.165, 1.54) is 0 Å². The van der Waals surface area contributed by atoms with Gasteiger partial charge in [-0.2, -0.15) is 0 Å². The predicted molar refractivity (Wildman–Crippen MR) is 88.8 cm³/mol. The zero-order valence-corrected chi connectivity index (χ0v) is 13.7. The molecule has 6 heteroatoms. The lowest BCUT2D eigenvalue weighted by molar-refractivity contribution is 0.193. The zero-order valence-electron chi connectivity index (χ0n) is 13.7. The number of hydrogen-bond donors (Lipinski definition) is 1. The Morgan fingerprint density at radius 2 is 2.22 bits per heavy atom. The summed E-state index contributed by atoms with van der Waals surface area (Å²) in [6.07, 6.45) is 12.1. The molecule has 1 aliphatic heterocycles. The molecule has 0 spiro atoms. The molecule has 1 aromatic heterocycles. The molecule has 1 fully saturated rings. The van der Waals surface area contributed by atoms with Crippen molar-refractivity contribution in [2.75, 3.05) is 20.1 Å². The van der Waals surface area contributed by atoms with E-state index < -0.39 is 0 Å². The first-order chi connectivity index (χ1) is 11.2. The highest BCUT2D eigenvalue weighted by molar-refractivity contribution is 5.75. The Morgan fingerprint density at radius 1 is 1.39 bits per heavy atom. The Balaban J connectivity index is 1.48.